The van der Waals surface area contributed by atoms with Crippen LogP contribution in [0.4, 0.5) is 0 Å². The van der Waals surface area contributed by atoms with Gasteiger partial charge in [-0.25, -0.2) is 0 Å². The number of hydrogen-bond acceptors (Lipinski definition) is 4. The van der Waals surface area contributed by atoms with Gasteiger partial charge in [0.15, 0.2) is 11.5 Å². The molecule has 0 saturated carbocycles. The van der Waals surface area contributed by atoms with Crippen molar-refractivity contribution in [2.24, 2.45) is 0 Å². The molecule has 20 heavy (non-hydrogen) atoms. The average molecular weight is 286 g/mol. The lowest BCUT2D eigenvalue weighted by atomic mass is 10.1. The minimum atomic E-state index is 0.592. The van der Waals surface area contributed by atoms with Crippen molar-refractivity contribution in [2.75, 3.05) is 13.2 Å². The number of hydrogen-bond donors (Lipinski definition) is 0. The molecule has 2 aromatic carbocycles. The van der Waals surface area contributed by atoms with Crippen molar-refractivity contribution in [2.45, 2.75) is 16.7 Å². The number of aldehydes is 1. The fourth-order valence-electron chi connectivity index (χ4n) is 2.07. The Bertz CT molecular complexity index is 652. The lowest BCUT2D eigenvalue weighted by Crippen LogP contribution is -2.15. The normalized spacial score (nSPS) is 13.1. The van der Waals surface area contributed by atoms with Gasteiger partial charge in [-0.05, 0) is 42.8 Å². The van der Waals surface area contributed by atoms with Gasteiger partial charge in [0, 0.05) is 15.4 Å². The number of rotatable bonds is 3. The molecule has 3 nitrogen and oxygen atoms in total. The molecule has 0 fully saturated rings. The molecule has 0 atom stereocenters. The van der Waals surface area contributed by atoms with E-state index in [0.29, 0.717) is 13.2 Å². The Kier molecular flexibility index (Phi) is 3.65. The quantitative estimate of drug-likeness (QED) is 0.805. The van der Waals surface area contributed by atoms with E-state index >= 15 is 0 Å². The van der Waals surface area contributed by atoms with Gasteiger partial charge in [0.2, 0.25) is 0 Å². The molecule has 102 valence electrons. The second kappa shape index (κ2) is 5.59. The van der Waals surface area contributed by atoms with Crippen molar-refractivity contribution in [3.05, 3.63) is 47.5 Å². The molecule has 3 rings (SSSR count). The zero-order chi connectivity index (χ0) is 13.9. The zero-order valence-electron chi connectivity index (χ0n) is 11.1. The number of carbonyl (C=O) groups excluding carboxylic acids is 1. The predicted octanol–water partition coefficient (Wildman–Crippen LogP) is 3.73. The Labute approximate surface area is 121 Å². The summed E-state index contributed by atoms with van der Waals surface area (Å²) in [5.41, 5.74) is 1.72. The lowest BCUT2D eigenvalue weighted by molar-refractivity contribution is 0.112. The van der Waals surface area contributed by atoms with Crippen LogP contribution in [0.15, 0.2) is 46.2 Å². The summed E-state index contributed by atoms with van der Waals surface area (Å²) in [7, 11) is 0. The van der Waals surface area contributed by atoms with Crippen LogP contribution in [-0.2, 0) is 0 Å². The van der Waals surface area contributed by atoms with Gasteiger partial charge < -0.3 is 9.47 Å². The van der Waals surface area contributed by atoms with Crippen LogP contribution >= 0.6 is 11.8 Å². The lowest BCUT2D eigenvalue weighted by Gasteiger charge is -2.18. The first-order valence-electron chi connectivity index (χ1n) is 6.39. The highest BCUT2D eigenvalue weighted by atomic mass is 32.2. The molecule has 0 unspecified atom stereocenters. The highest BCUT2D eigenvalue weighted by Crippen LogP contribution is 2.37. The monoisotopic (exact) mass is 286 g/mol. The smallest absolute Gasteiger partial charge is 0.162 e. The van der Waals surface area contributed by atoms with Gasteiger partial charge in [-0.15, -0.1) is 0 Å². The van der Waals surface area contributed by atoms with E-state index in [1.807, 2.05) is 43.3 Å². The maximum absolute atomic E-state index is 10.8. The third-order valence-electron chi connectivity index (χ3n) is 3.12. The largest absolute Gasteiger partial charge is 0.486 e. The number of benzene rings is 2. The number of carbonyl (C=O) groups is 1. The summed E-state index contributed by atoms with van der Waals surface area (Å²) < 4.78 is 11.1. The number of ether oxygens (including phenoxy) is 2. The molecule has 0 aliphatic carbocycles. The second-order valence-corrected chi connectivity index (χ2v) is 5.69. The van der Waals surface area contributed by atoms with Crippen molar-refractivity contribution < 1.29 is 14.3 Å². The standard InChI is InChI=1S/C16H14O3S/c1-11-8-13(3-2-12(11)10-17)20-14-4-5-15-16(9-14)19-7-6-18-15/h2-5,8-10H,6-7H2,1H3. The SMILES string of the molecule is Cc1cc(Sc2ccc3c(c2)OCCO3)ccc1C=O. The summed E-state index contributed by atoms with van der Waals surface area (Å²) in [5, 5.41) is 0. The van der Waals surface area contributed by atoms with Crippen LogP contribution in [0.25, 0.3) is 0 Å². The third kappa shape index (κ3) is 2.65. The summed E-state index contributed by atoms with van der Waals surface area (Å²) in [6.07, 6.45) is 0.883. The zero-order valence-corrected chi connectivity index (χ0v) is 11.9. The summed E-state index contributed by atoms with van der Waals surface area (Å²) in [5.74, 6) is 1.59. The van der Waals surface area contributed by atoms with Crippen molar-refractivity contribution >= 4 is 18.0 Å². The Hall–Kier alpha value is -1.94. The van der Waals surface area contributed by atoms with E-state index in [1.54, 1.807) is 11.8 Å². The van der Waals surface area contributed by atoms with Gasteiger partial charge in [0.25, 0.3) is 0 Å². The van der Waals surface area contributed by atoms with Gasteiger partial charge in [0.05, 0.1) is 0 Å². The van der Waals surface area contributed by atoms with Crippen molar-refractivity contribution in [1.29, 1.82) is 0 Å². The van der Waals surface area contributed by atoms with E-state index in [1.165, 1.54) is 0 Å². The van der Waals surface area contributed by atoms with Crippen molar-refractivity contribution in [1.82, 2.24) is 0 Å². The van der Waals surface area contributed by atoms with E-state index in [2.05, 4.69) is 0 Å². The van der Waals surface area contributed by atoms with Crippen LogP contribution in [0, 0.1) is 6.92 Å². The van der Waals surface area contributed by atoms with Crippen LogP contribution in [0.1, 0.15) is 15.9 Å². The Morgan fingerprint density at radius 1 is 1.00 bits per heavy atom. The Balaban J connectivity index is 1.84. The van der Waals surface area contributed by atoms with Gasteiger partial charge in [-0.2, -0.15) is 0 Å². The van der Waals surface area contributed by atoms with E-state index in [-0.39, 0.29) is 0 Å². The molecule has 0 bridgehead atoms. The number of aryl methyl sites for hydroxylation is 1. The molecule has 2 aromatic rings. The fraction of sp³-hybridized carbons (Fsp3) is 0.188. The first kappa shape index (κ1) is 13.1. The average Bonchev–Trinajstić information content (AvgIpc) is 2.47. The molecule has 1 aliphatic heterocycles. The molecule has 0 radical (unpaired) electrons. The fourth-order valence-corrected chi connectivity index (χ4v) is 3.01. The predicted molar refractivity (Wildman–Crippen MR) is 78.1 cm³/mol. The Morgan fingerprint density at radius 2 is 1.70 bits per heavy atom. The summed E-state index contributed by atoms with van der Waals surface area (Å²) >= 11 is 1.64. The molecule has 0 spiro atoms. The maximum atomic E-state index is 10.8. The van der Waals surface area contributed by atoms with Gasteiger partial charge >= 0.3 is 0 Å². The van der Waals surface area contributed by atoms with Crippen LogP contribution in [0.5, 0.6) is 11.5 Å². The summed E-state index contributed by atoms with van der Waals surface area (Å²) in [6.45, 7) is 3.14. The van der Waals surface area contributed by atoms with Gasteiger partial charge in [-0.3, -0.25) is 4.79 Å². The summed E-state index contributed by atoms with van der Waals surface area (Å²) in [6, 6.07) is 11.8. The van der Waals surface area contributed by atoms with Gasteiger partial charge in [0.1, 0.15) is 19.5 Å². The van der Waals surface area contributed by atoms with Gasteiger partial charge in [-0.1, -0.05) is 17.8 Å². The van der Waals surface area contributed by atoms with Crippen molar-refractivity contribution in [3.63, 3.8) is 0 Å². The molecule has 4 heteroatoms. The molecular weight excluding hydrogens is 272 g/mol. The molecular formula is C16H14O3S. The van der Waals surface area contributed by atoms with Crippen LogP contribution in [0.3, 0.4) is 0 Å². The highest BCUT2D eigenvalue weighted by Gasteiger charge is 2.12. The highest BCUT2D eigenvalue weighted by molar-refractivity contribution is 7.99. The first-order chi connectivity index (χ1) is 9.76. The first-order valence-corrected chi connectivity index (χ1v) is 7.21. The van der Waals surface area contributed by atoms with Crippen LogP contribution in [-0.4, -0.2) is 19.5 Å². The van der Waals surface area contributed by atoms with Crippen LogP contribution in [0.2, 0.25) is 0 Å². The third-order valence-corrected chi connectivity index (χ3v) is 4.10. The van der Waals surface area contributed by atoms with E-state index in [9.17, 15) is 4.79 Å². The van der Waals surface area contributed by atoms with E-state index in [4.69, 9.17) is 9.47 Å². The molecule has 0 amide bonds. The second-order valence-electron chi connectivity index (χ2n) is 4.54. The molecule has 1 heterocycles. The van der Waals surface area contributed by atoms with Crippen LogP contribution < -0.4 is 9.47 Å². The topological polar surface area (TPSA) is 35.5 Å². The number of fused-ring (bicyclic) bond motifs is 1. The summed E-state index contributed by atoms with van der Waals surface area (Å²) in [4.78, 5) is 13.0. The minimum Gasteiger partial charge on any atom is -0.486 e. The Morgan fingerprint density at radius 3 is 2.45 bits per heavy atom. The molecule has 0 saturated heterocycles. The molecule has 0 aromatic heterocycles. The minimum absolute atomic E-state index is 0.592. The molecule has 1 aliphatic rings. The maximum Gasteiger partial charge on any atom is 0.162 e. The van der Waals surface area contributed by atoms with E-state index in [0.717, 1.165) is 38.7 Å². The molecule has 0 N–H and O–H groups in total. The van der Waals surface area contributed by atoms with Crippen molar-refractivity contribution in [3.8, 4) is 11.5 Å². The van der Waals surface area contributed by atoms with E-state index < -0.39 is 0 Å².